The molecule has 0 bridgehead atoms. The number of nitrogens with one attached hydrogen (secondary N) is 2. The van der Waals surface area contributed by atoms with Crippen molar-refractivity contribution in [2.24, 2.45) is 0 Å². The van der Waals surface area contributed by atoms with Crippen molar-refractivity contribution < 1.29 is 28.2 Å². The van der Waals surface area contributed by atoms with E-state index in [1.165, 1.54) is 12.1 Å². The van der Waals surface area contributed by atoms with E-state index in [9.17, 15) is 14.0 Å². The van der Waals surface area contributed by atoms with Gasteiger partial charge in [-0.3, -0.25) is 9.59 Å². The number of hydrogen-bond donors (Lipinski definition) is 2. The van der Waals surface area contributed by atoms with Crippen LogP contribution in [0.2, 0.25) is 0 Å². The molecule has 0 saturated carbocycles. The zero-order valence-corrected chi connectivity index (χ0v) is 22.3. The molecule has 9 heteroatoms. The van der Waals surface area contributed by atoms with E-state index < -0.39 is 0 Å². The van der Waals surface area contributed by atoms with Gasteiger partial charge in [0.1, 0.15) is 18.2 Å². The number of aryl methyl sites for hydroxylation is 1. The second-order valence-corrected chi connectivity index (χ2v) is 8.83. The second-order valence-electron chi connectivity index (χ2n) is 8.83. The van der Waals surface area contributed by atoms with E-state index in [1.807, 2.05) is 32.0 Å². The Morgan fingerprint density at radius 1 is 0.949 bits per heavy atom. The van der Waals surface area contributed by atoms with Crippen LogP contribution in [0.4, 0.5) is 4.39 Å². The zero-order valence-electron chi connectivity index (χ0n) is 22.3. The van der Waals surface area contributed by atoms with E-state index in [0.29, 0.717) is 35.9 Å². The SMILES string of the molecule is CCn1c(C)c(C(=O)NCc2ccc(F)cc2)c2cc(OCC(=O)NCCOc3ccccc3OC)ccc21. The highest BCUT2D eigenvalue weighted by Gasteiger charge is 2.20. The molecule has 0 fully saturated rings. The molecule has 0 aliphatic rings. The van der Waals surface area contributed by atoms with Gasteiger partial charge in [-0.1, -0.05) is 24.3 Å². The molecule has 0 aliphatic heterocycles. The predicted molar refractivity (Wildman–Crippen MR) is 147 cm³/mol. The number of hydrogen-bond acceptors (Lipinski definition) is 5. The number of carbonyl (C=O) groups excluding carboxylic acids is 2. The van der Waals surface area contributed by atoms with Crippen LogP contribution >= 0.6 is 0 Å². The van der Waals surface area contributed by atoms with Crippen molar-refractivity contribution in [3.05, 3.63) is 89.4 Å². The molecule has 1 aromatic heterocycles. The molecular formula is C30H32FN3O5. The molecule has 1 heterocycles. The fraction of sp³-hybridized carbons (Fsp3) is 0.267. The van der Waals surface area contributed by atoms with Crippen molar-refractivity contribution in [3.63, 3.8) is 0 Å². The lowest BCUT2D eigenvalue weighted by Gasteiger charge is -2.11. The van der Waals surface area contributed by atoms with Crippen LogP contribution in [0.25, 0.3) is 10.9 Å². The number of ether oxygens (including phenoxy) is 3. The van der Waals surface area contributed by atoms with E-state index in [2.05, 4.69) is 15.2 Å². The fourth-order valence-electron chi connectivity index (χ4n) is 4.41. The van der Waals surface area contributed by atoms with Crippen LogP contribution < -0.4 is 24.8 Å². The summed E-state index contributed by atoms with van der Waals surface area (Å²) in [4.78, 5) is 25.5. The smallest absolute Gasteiger partial charge is 0.258 e. The Morgan fingerprint density at radius 2 is 1.69 bits per heavy atom. The fourth-order valence-corrected chi connectivity index (χ4v) is 4.41. The molecule has 0 aliphatic carbocycles. The highest BCUT2D eigenvalue weighted by atomic mass is 19.1. The number of carbonyl (C=O) groups is 2. The highest BCUT2D eigenvalue weighted by Crippen LogP contribution is 2.30. The molecule has 8 nitrogen and oxygen atoms in total. The normalized spacial score (nSPS) is 10.8. The number of halogens is 1. The maximum absolute atomic E-state index is 13.2. The summed E-state index contributed by atoms with van der Waals surface area (Å²) in [5, 5.41) is 6.42. The molecule has 0 radical (unpaired) electrons. The molecule has 3 aromatic carbocycles. The first-order chi connectivity index (χ1) is 18.9. The molecule has 0 unspecified atom stereocenters. The van der Waals surface area contributed by atoms with Crippen LogP contribution in [-0.4, -0.2) is 43.2 Å². The van der Waals surface area contributed by atoms with Gasteiger partial charge in [0, 0.05) is 29.7 Å². The lowest BCUT2D eigenvalue weighted by Crippen LogP contribution is -2.32. The molecule has 4 aromatic rings. The summed E-state index contributed by atoms with van der Waals surface area (Å²) < 4.78 is 31.9. The third-order valence-electron chi connectivity index (χ3n) is 6.33. The topological polar surface area (TPSA) is 90.8 Å². The van der Waals surface area contributed by atoms with E-state index in [-0.39, 0.29) is 37.4 Å². The van der Waals surface area contributed by atoms with Crippen molar-refractivity contribution in [1.29, 1.82) is 0 Å². The minimum atomic E-state index is -0.325. The van der Waals surface area contributed by atoms with Gasteiger partial charge in [0.15, 0.2) is 18.1 Å². The van der Waals surface area contributed by atoms with Gasteiger partial charge < -0.3 is 29.4 Å². The van der Waals surface area contributed by atoms with Crippen LogP contribution in [0.5, 0.6) is 17.2 Å². The van der Waals surface area contributed by atoms with E-state index in [1.54, 1.807) is 43.5 Å². The van der Waals surface area contributed by atoms with Crippen LogP contribution in [0.15, 0.2) is 66.7 Å². The van der Waals surface area contributed by atoms with Gasteiger partial charge in [-0.25, -0.2) is 4.39 Å². The largest absolute Gasteiger partial charge is 0.493 e. The maximum atomic E-state index is 13.2. The van der Waals surface area contributed by atoms with E-state index in [4.69, 9.17) is 14.2 Å². The first-order valence-corrected chi connectivity index (χ1v) is 12.7. The number of nitrogens with zero attached hydrogens (tertiary/aromatic N) is 1. The minimum Gasteiger partial charge on any atom is -0.493 e. The summed E-state index contributed by atoms with van der Waals surface area (Å²) in [5.74, 6) is 0.846. The third-order valence-corrected chi connectivity index (χ3v) is 6.33. The van der Waals surface area contributed by atoms with Crippen LogP contribution in [-0.2, 0) is 17.9 Å². The molecule has 4 rings (SSSR count). The number of fused-ring (bicyclic) bond motifs is 1. The molecule has 204 valence electrons. The van der Waals surface area contributed by atoms with E-state index >= 15 is 0 Å². The van der Waals surface area contributed by atoms with E-state index in [0.717, 1.165) is 22.2 Å². The number of methoxy groups -OCH3 is 1. The summed E-state index contributed by atoms with van der Waals surface area (Å²) >= 11 is 0. The molecule has 2 N–H and O–H groups in total. The molecular weight excluding hydrogens is 501 g/mol. The van der Waals surface area contributed by atoms with Crippen LogP contribution in [0.3, 0.4) is 0 Å². The van der Waals surface area contributed by atoms with Crippen LogP contribution in [0, 0.1) is 12.7 Å². The average Bonchev–Trinajstić information content (AvgIpc) is 3.24. The third kappa shape index (κ3) is 6.67. The van der Waals surface area contributed by atoms with Crippen molar-refractivity contribution in [1.82, 2.24) is 15.2 Å². The minimum absolute atomic E-state index is 0.181. The molecule has 0 atom stereocenters. The Bertz CT molecular complexity index is 1450. The van der Waals surface area contributed by atoms with Gasteiger partial charge in [-0.15, -0.1) is 0 Å². The average molecular weight is 534 g/mol. The number of para-hydroxylation sites is 2. The van der Waals surface area contributed by atoms with Gasteiger partial charge in [0.25, 0.3) is 11.8 Å². The Balaban J connectivity index is 1.37. The lowest BCUT2D eigenvalue weighted by molar-refractivity contribution is -0.123. The predicted octanol–water partition coefficient (Wildman–Crippen LogP) is 4.62. The maximum Gasteiger partial charge on any atom is 0.258 e. The number of amides is 2. The highest BCUT2D eigenvalue weighted by molar-refractivity contribution is 6.08. The second kappa shape index (κ2) is 12.8. The lowest BCUT2D eigenvalue weighted by atomic mass is 10.1. The standard InChI is InChI=1S/C30H32FN3O5/c1-4-34-20(2)29(30(36)33-18-21-9-11-22(31)12-10-21)24-17-23(13-14-25(24)34)39-19-28(35)32-15-16-38-27-8-6-5-7-26(27)37-3/h5-14,17H,4,15-16,18-19H2,1-3H3,(H,32,35)(H,33,36). The van der Waals surface area contributed by atoms with Gasteiger partial charge in [0.05, 0.1) is 19.2 Å². The van der Waals surface area contributed by atoms with Gasteiger partial charge >= 0.3 is 0 Å². The Kier molecular flexibility index (Phi) is 9.04. The summed E-state index contributed by atoms with van der Waals surface area (Å²) in [6, 6.07) is 18.7. The van der Waals surface area contributed by atoms with Gasteiger partial charge in [-0.2, -0.15) is 0 Å². The summed E-state index contributed by atoms with van der Waals surface area (Å²) in [7, 11) is 1.57. The number of aromatic nitrogens is 1. The summed E-state index contributed by atoms with van der Waals surface area (Å²) in [5.41, 5.74) is 3.06. The summed E-state index contributed by atoms with van der Waals surface area (Å²) in [6.45, 7) is 5.27. The Morgan fingerprint density at radius 3 is 2.41 bits per heavy atom. The molecule has 2 amide bonds. The van der Waals surface area contributed by atoms with Gasteiger partial charge in [-0.05, 0) is 61.9 Å². The Labute approximate surface area is 226 Å². The molecule has 0 saturated heterocycles. The first-order valence-electron chi connectivity index (χ1n) is 12.7. The van der Waals surface area contributed by atoms with Gasteiger partial charge in [0.2, 0.25) is 0 Å². The first kappa shape index (κ1) is 27.5. The van der Waals surface area contributed by atoms with Crippen molar-refractivity contribution in [2.75, 3.05) is 26.9 Å². The zero-order chi connectivity index (χ0) is 27.8. The number of benzene rings is 3. The number of rotatable bonds is 12. The van der Waals surface area contributed by atoms with Crippen molar-refractivity contribution >= 4 is 22.7 Å². The van der Waals surface area contributed by atoms with Crippen LogP contribution in [0.1, 0.15) is 28.5 Å². The quantitative estimate of drug-likeness (QED) is 0.259. The summed E-state index contributed by atoms with van der Waals surface area (Å²) in [6.07, 6.45) is 0. The van der Waals surface area contributed by atoms with Crippen molar-refractivity contribution in [3.8, 4) is 17.2 Å². The van der Waals surface area contributed by atoms with Crippen molar-refractivity contribution in [2.45, 2.75) is 26.9 Å². The molecule has 0 spiro atoms. The Hall–Kier alpha value is -4.53. The molecule has 39 heavy (non-hydrogen) atoms. The monoisotopic (exact) mass is 533 g/mol.